The summed E-state index contributed by atoms with van der Waals surface area (Å²) in [5, 5.41) is 50.0. The van der Waals surface area contributed by atoms with Crippen LogP contribution in [0.25, 0.3) is 11.1 Å². The number of fused-ring (bicyclic) bond motifs is 2. The standard InChI is InChI=1S/C42H50N4O8/c43-37(51)31-27(13-23-15-29-41(53)7-5-25(47)17-39(41,33(23)35(31)49)9-11-45(29)19-21-1-2-21)28-14-24-16-30-42(54)8-6-26(48)18-40(42,10-12-46(30)20-22-3-4-22)34(24)36(50)32(28)38(44)52/h13-14,21-22,29-30,49-50,53-54H,1-12,15-20H2,(H2,43,51)(H2,44,52)/t29-,30-,39-,40-,41?,42?/m1/s1. The van der Waals surface area contributed by atoms with E-state index in [0.717, 1.165) is 38.8 Å². The van der Waals surface area contributed by atoms with Gasteiger partial charge in [-0.2, -0.15) is 0 Å². The number of rotatable bonds is 7. The van der Waals surface area contributed by atoms with E-state index in [4.69, 9.17) is 11.5 Å². The molecule has 12 heteroatoms. The molecule has 2 amide bonds. The zero-order valence-corrected chi connectivity index (χ0v) is 30.7. The van der Waals surface area contributed by atoms with Crippen LogP contribution in [0.5, 0.6) is 11.5 Å². The lowest BCUT2D eigenvalue weighted by Gasteiger charge is -2.63. The van der Waals surface area contributed by atoms with E-state index in [2.05, 4.69) is 9.80 Å². The molecule has 2 saturated heterocycles. The largest absolute Gasteiger partial charge is 0.507 e. The highest BCUT2D eigenvalue weighted by Crippen LogP contribution is 2.63. The number of hydrogen-bond donors (Lipinski definition) is 6. The summed E-state index contributed by atoms with van der Waals surface area (Å²) in [5.41, 5.74) is 9.12. The van der Waals surface area contributed by atoms with Gasteiger partial charge >= 0.3 is 0 Å². The second-order valence-electron chi connectivity index (χ2n) is 18.4. The summed E-state index contributed by atoms with van der Waals surface area (Å²) >= 11 is 0. The van der Waals surface area contributed by atoms with Gasteiger partial charge in [0.15, 0.2) is 0 Å². The Morgan fingerprint density at radius 1 is 0.667 bits per heavy atom. The zero-order valence-electron chi connectivity index (χ0n) is 30.7. The number of hydrogen-bond acceptors (Lipinski definition) is 10. The SMILES string of the molecule is NC(=O)c1c(-c2cc3c(c(O)c2C(N)=O)[C@]24CCN(CC5CC5)[C@H](C3)C2(O)CCC(=O)C4)cc2c(c1O)[C@]13CCN(CC4CC4)[C@H](C2)C1(O)CCC(=O)C3. The van der Waals surface area contributed by atoms with Crippen LogP contribution in [0.15, 0.2) is 12.1 Å². The number of benzene rings is 2. The fraction of sp³-hybridized carbons (Fsp3) is 0.619. The van der Waals surface area contributed by atoms with Crippen molar-refractivity contribution in [3.63, 3.8) is 0 Å². The van der Waals surface area contributed by atoms with Crippen LogP contribution in [0.4, 0.5) is 0 Å². The number of carbonyl (C=O) groups is 4. The van der Waals surface area contributed by atoms with Gasteiger partial charge in [-0.25, -0.2) is 0 Å². The molecular formula is C42H50N4O8. The number of nitrogens with two attached hydrogens (primary N) is 2. The first-order chi connectivity index (χ1) is 25.7. The molecule has 2 unspecified atom stereocenters. The summed E-state index contributed by atoms with van der Waals surface area (Å²) in [6.07, 6.45) is 7.12. The molecule has 4 bridgehead atoms. The van der Waals surface area contributed by atoms with E-state index in [0.29, 0.717) is 72.9 Å². The van der Waals surface area contributed by atoms with Gasteiger partial charge in [0.25, 0.3) is 11.8 Å². The van der Waals surface area contributed by atoms with E-state index in [1.807, 2.05) is 0 Å². The number of primary amides is 2. The van der Waals surface area contributed by atoms with Gasteiger partial charge in [0.1, 0.15) is 23.1 Å². The van der Waals surface area contributed by atoms with Gasteiger partial charge in [-0.1, -0.05) is 0 Å². The van der Waals surface area contributed by atoms with Crippen molar-refractivity contribution in [1.82, 2.24) is 9.80 Å². The summed E-state index contributed by atoms with van der Waals surface area (Å²) in [4.78, 5) is 58.3. The molecule has 8 aliphatic rings. The monoisotopic (exact) mass is 738 g/mol. The lowest BCUT2D eigenvalue weighted by atomic mass is 9.48. The van der Waals surface area contributed by atoms with Gasteiger partial charge < -0.3 is 31.9 Å². The Labute approximate surface area is 313 Å². The fourth-order valence-corrected chi connectivity index (χ4v) is 12.8. The van der Waals surface area contributed by atoms with E-state index >= 15 is 0 Å². The zero-order chi connectivity index (χ0) is 37.7. The quantitative estimate of drug-likeness (QED) is 0.245. The molecule has 6 atom stereocenters. The average Bonchev–Trinajstić information content (AvgIpc) is 4.04. The van der Waals surface area contributed by atoms with E-state index in [1.165, 1.54) is 0 Å². The summed E-state index contributed by atoms with van der Waals surface area (Å²) in [6.45, 7) is 2.96. The first-order valence-electron chi connectivity index (χ1n) is 20.1. The molecule has 286 valence electrons. The summed E-state index contributed by atoms with van der Waals surface area (Å²) < 4.78 is 0. The van der Waals surface area contributed by atoms with Crippen molar-refractivity contribution < 1.29 is 39.6 Å². The van der Waals surface area contributed by atoms with Crippen molar-refractivity contribution in [3.05, 3.63) is 45.5 Å². The van der Waals surface area contributed by atoms with Crippen LogP contribution < -0.4 is 11.5 Å². The summed E-state index contributed by atoms with van der Waals surface area (Å²) in [7, 11) is 0. The third-order valence-electron chi connectivity index (χ3n) is 15.6. The minimum atomic E-state index is -1.31. The summed E-state index contributed by atoms with van der Waals surface area (Å²) in [6, 6.07) is 2.84. The maximum absolute atomic E-state index is 13.6. The highest BCUT2D eigenvalue weighted by atomic mass is 16.3. The van der Waals surface area contributed by atoms with Gasteiger partial charge in [0.05, 0.1) is 22.3 Å². The van der Waals surface area contributed by atoms with Gasteiger partial charge in [-0.05, 0) is 124 Å². The van der Waals surface area contributed by atoms with E-state index in [9.17, 15) is 39.6 Å². The molecule has 6 aliphatic carbocycles. The van der Waals surface area contributed by atoms with Crippen LogP contribution in [0, 0.1) is 11.8 Å². The number of nitrogens with zero attached hydrogens (tertiary/aromatic N) is 2. The second-order valence-corrected chi connectivity index (χ2v) is 18.4. The van der Waals surface area contributed by atoms with Crippen LogP contribution >= 0.6 is 0 Å². The van der Waals surface area contributed by atoms with Crippen molar-refractivity contribution in [1.29, 1.82) is 0 Å². The molecule has 0 aromatic heterocycles. The van der Waals surface area contributed by atoms with Crippen LogP contribution in [-0.2, 0) is 33.3 Å². The second kappa shape index (κ2) is 11.4. The number of carbonyl (C=O) groups excluding carboxylic acids is 4. The number of phenols is 2. The molecule has 2 aliphatic heterocycles. The Kier molecular flexibility index (Phi) is 7.29. The molecule has 0 radical (unpaired) electrons. The van der Waals surface area contributed by atoms with Crippen LogP contribution in [0.1, 0.15) is 120 Å². The molecule has 2 aromatic carbocycles. The number of amides is 2. The minimum Gasteiger partial charge on any atom is -0.507 e. The highest BCUT2D eigenvalue weighted by molar-refractivity contribution is 6.09. The van der Waals surface area contributed by atoms with Gasteiger partial charge in [0.2, 0.25) is 0 Å². The van der Waals surface area contributed by atoms with Crippen LogP contribution in [0.3, 0.4) is 0 Å². The molecule has 0 spiro atoms. The third-order valence-corrected chi connectivity index (χ3v) is 15.6. The van der Waals surface area contributed by atoms with E-state index in [-0.39, 0.29) is 84.4 Å². The number of aromatic hydroxyl groups is 2. The third kappa shape index (κ3) is 4.51. The minimum absolute atomic E-state index is 0.0107. The number of piperidine rings is 2. The average molecular weight is 739 g/mol. The Morgan fingerprint density at radius 3 is 1.41 bits per heavy atom. The number of likely N-dealkylation sites (tertiary alicyclic amines) is 2. The van der Waals surface area contributed by atoms with Crippen molar-refractivity contribution in [2.24, 2.45) is 23.3 Å². The molecule has 10 rings (SSSR count). The highest BCUT2D eigenvalue weighted by Gasteiger charge is 2.67. The number of Topliss-reactive ketones (excluding diaryl/α,β-unsaturated/α-hetero) is 2. The lowest BCUT2D eigenvalue weighted by Crippen LogP contribution is -2.73. The Balaban J connectivity index is 1.19. The molecule has 54 heavy (non-hydrogen) atoms. The molecule has 6 fully saturated rings. The van der Waals surface area contributed by atoms with Crippen molar-refractivity contribution in [2.45, 2.75) is 124 Å². The van der Waals surface area contributed by atoms with Crippen molar-refractivity contribution >= 4 is 23.4 Å². The molecular weight excluding hydrogens is 688 g/mol. The Bertz CT molecular complexity index is 1930. The van der Waals surface area contributed by atoms with Gasteiger partial charge in [-0.3, -0.25) is 29.0 Å². The number of ketones is 2. The first-order valence-corrected chi connectivity index (χ1v) is 20.1. The Morgan fingerprint density at radius 2 is 1.06 bits per heavy atom. The fourth-order valence-electron chi connectivity index (χ4n) is 12.8. The Hall–Kier alpha value is -3.84. The maximum Gasteiger partial charge on any atom is 0.253 e. The van der Waals surface area contributed by atoms with E-state index < -0.39 is 45.3 Å². The van der Waals surface area contributed by atoms with Crippen molar-refractivity contribution in [2.75, 3.05) is 26.2 Å². The number of aliphatic hydroxyl groups is 2. The first kappa shape index (κ1) is 34.6. The smallest absolute Gasteiger partial charge is 0.253 e. The van der Waals surface area contributed by atoms with Crippen LogP contribution in [0.2, 0.25) is 0 Å². The molecule has 2 aromatic rings. The lowest BCUT2D eigenvalue weighted by molar-refractivity contribution is -0.173. The van der Waals surface area contributed by atoms with Gasteiger partial charge in [-0.15, -0.1) is 0 Å². The topological polar surface area (TPSA) is 208 Å². The molecule has 4 saturated carbocycles. The molecule has 12 nitrogen and oxygen atoms in total. The van der Waals surface area contributed by atoms with Gasteiger partial charge in [0, 0.05) is 72.8 Å². The molecule has 2 heterocycles. The predicted octanol–water partition coefficient (Wildman–Crippen LogP) is 2.49. The predicted molar refractivity (Wildman–Crippen MR) is 196 cm³/mol. The van der Waals surface area contributed by atoms with E-state index in [1.54, 1.807) is 12.1 Å². The van der Waals surface area contributed by atoms with Crippen LogP contribution in [-0.4, -0.2) is 103 Å². The molecule has 8 N–H and O–H groups in total. The normalized spacial score (nSPS) is 35.8. The summed E-state index contributed by atoms with van der Waals surface area (Å²) in [5.74, 6) is -1.67. The van der Waals surface area contributed by atoms with Crippen molar-refractivity contribution in [3.8, 4) is 22.6 Å². The maximum atomic E-state index is 13.6.